The summed E-state index contributed by atoms with van der Waals surface area (Å²) in [7, 11) is 0. The fraction of sp³-hybridized carbons (Fsp3) is 0.0476. The number of benzene rings is 2. The number of nitrogens with one attached hydrogen (secondary N) is 1. The fourth-order valence-electron chi connectivity index (χ4n) is 2.89. The van der Waals surface area contributed by atoms with Crippen LogP contribution in [-0.2, 0) is 6.54 Å². The van der Waals surface area contributed by atoms with Gasteiger partial charge in [0.15, 0.2) is 5.69 Å². The molecule has 150 valence electrons. The number of nitrogens with zero attached hydrogens (tertiary/aromatic N) is 4. The van der Waals surface area contributed by atoms with Gasteiger partial charge in [-0.3, -0.25) is 9.78 Å². The fourth-order valence-corrected chi connectivity index (χ4v) is 2.89. The minimum absolute atomic E-state index is 0.0158. The van der Waals surface area contributed by atoms with Crippen LogP contribution in [0.1, 0.15) is 16.1 Å². The van der Waals surface area contributed by atoms with Crippen LogP contribution >= 0.6 is 0 Å². The molecular formula is C21H16F2N6O. The standard InChI is InChI=1S/C21H16F2N6O/c22-16-4-1-5-17(23)15(16)11-29-12-20(27-28-29)21(30)26-19-9-13(6-7-18(19)24)14-3-2-8-25-10-14/h1-10,12H,11,24H2,(H,26,30). The molecule has 0 saturated carbocycles. The van der Waals surface area contributed by atoms with Gasteiger partial charge >= 0.3 is 0 Å². The molecule has 2 aromatic heterocycles. The van der Waals surface area contributed by atoms with E-state index in [2.05, 4.69) is 20.6 Å². The van der Waals surface area contributed by atoms with Crippen LogP contribution in [0, 0.1) is 11.6 Å². The van der Waals surface area contributed by atoms with Gasteiger partial charge in [-0.15, -0.1) is 5.10 Å². The molecule has 4 aromatic rings. The number of amides is 1. The molecule has 2 heterocycles. The Morgan fingerprint density at radius 3 is 2.60 bits per heavy atom. The zero-order valence-corrected chi connectivity index (χ0v) is 15.6. The largest absolute Gasteiger partial charge is 0.397 e. The Hall–Kier alpha value is -4.14. The van der Waals surface area contributed by atoms with Crippen molar-refractivity contribution in [1.82, 2.24) is 20.0 Å². The van der Waals surface area contributed by atoms with Crippen LogP contribution < -0.4 is 11.1 Å². The molecule has 0 spiro atoms. The molecule has 7 nitrogen and oxygen atoms in total. The Balaban J connectivity index is 1.53. The van der Waals surface area contributed by atoms with Gasteiger partial charge < -0.3 is 11.1 Å². The highest BCUT2D eigenvalue weighted by molar-refractivity contribution is 6.04. The molecule has 3 N–H and O–H groups in total. The molecule has 0 fully saturated rings. The lowest BCUT2D eigenvalue weighted by Gasteiger charge is -2.09. The Labute approximate surface area is 170 Å². The minimum Gasteiger partial charge on any atom is -0.397 e. The summed E-state index contributed by atoms with van der Waals surface area (Å²) in [5.41, 5.74) is 8.26. The van der Waals surface area contributed by atoms with Crippen molar-refractivity contribution in [3.05, 3.63) is 90.0 Å². The number of anilines is 2. The lowest BCUT2D eigenvalue weighted by Crippen LogP contribution is -2.14. The van der Waals surface area contributed by atoms with Crippen LogP contribution in [0.25, 0.3) is 11.1 Å². The minimum atomic E-state index is -0.698. The van der Waals surface area contributed by atoms with Crippen molar-refractivity contribution in [2.24, 2.45) is 0 Å². The molecule has 0 atom stereocenters. The Bertz CT molecular complexity index is 1190. The first-order valence-corrected chi connectivity index (χ1v) is 8.95. The molecule has 0 aliphatic heterocycles. The summed E-state index contributed by atoms with van der Waals surface area (Å²) in [5.74, 6) is -1.95. The molecule has 0 unspecified atom stereocenters. The SMILES string of the molecule is Nc1ccc(-c2cccnc2)cc1NC(=O)c1cn(Cc2c(F)cccc2F)nn1. The summed E-state index contributed by atoms with van der Waals surface area (Å²) >= 11 is 0. The quantitative estimate of drug-likeness (QED) is 0.494. The molecule has 2 aromatic carbocycles. The summed E-state index contributed by atoms with van der Waals surface area (Å²) in [6.07, 6.45) is 4.67. The van der Waals surface area contributed by atoms with Crippen molar-refractivity contribution < 1.29 is 13.6 Å². The second-order valence-electron chi connectivity index (χ2n) is 6.50. The summed E-state index contributed by atoms with van der Waals surface area (Å²) in [6.45, 7) is -0.197. The van der Waals surface area contributed by atoms with Crippen molar-refractivity contribution in [1.29, 1.82) is 0 Å². The molecule has 1 amide bonds. The number of hydrogen-bond donors (Lipinski definition) is 2. The molecule has 4 rings (SSSR count). The van der Waals surface area contributed by atoms with E-state index in [0.29, 0.717) is 11.4 Å². The van der Waals surface area contributed by atoms with E-state index in [9.17, 15) is 13.6 Å². The van der Waals surface area contributed by atoms with Gasteiger partial charge in [0, 0.05) is 23.5 Å². The average Bonchev–Trinajstić information content (AvgIpc) is 3.22. The predicted octanol–water partition coefficient (Wildman–Crippen LogP) is 3.50. The van der Waals surface area contributed by atoms with Gasteiger partial charge in [0.1, 0.15) is 11.6 Å². The zero-order chi connectivity index (χ0) is 21.1. The zero-order valence-electron chi connectivity index (χ0n) is 15.6. The van der Waals surface area contributed by atoms with Crippen molar-refractivity contribution in [3.63, 3.8) is 0 Å². The van der Waals surface area contributed by atoms with E-state index in [1.54, 1.807) is 30.6 Å². The third-order valence-corrected chi connectivity index (χ3v) is 4.45. The van der Waals surface area contributed by atoms with Crippen LogP contribution in [0.3, 0.4) is 0 Å². The number of pyridine rings is 1. The van der Waals surface area contributed by atoms with Gasteiger partial charge in [0.25, 0.3) is 5.91 Å². The van der Waals surface area contributed by atoms with Gasteiger partial charge in [0.2, 0.25) is 0 Å². The van der Waals surface area contributed by atoms with Crippen LogP contribution in [0.2, 0.25) is 0 Å². The second kappa shape index (κ2) is 8.08. The van der Waals surface area contributed by atoms with Crippen LogP contribution in [0.5, 0.6) is 0 Å². The molecule has 0 radical (unpaired) electrons. The van der Waals surface area contributed by atoms with E-state index in [1.165, 1.54) is 16.9 Å². The van der Waals surface area contributed by atoms with Crippen molar-refractivity contribution in [3.8, 4) is 11.1 Å². The Morgan fingerprint density at radius 1 is 1.07 bits per heavy atom. The average molecular weight is 406 g/mol. The Morgan fingerprint density at radius 2 is 1.87 bits per heavy atom. The van der Waals surface area contributed by atoms with E-state index in [1.807, 2.05) is 12.1 Å². The molecule has 0 saturated heterocycles. The molecule has 0 aliphatic carbocycles. The molecule has 0 bridgehead atoms. The summed E-state index contributed by atoms with van der Waals surface area (Å²) in [6, 6.07) is 12.5. The highest BCUT2D eigenvalue weighted by Crippen LogP contribution is 2.27. The molecule has 9 heteroatoms. The monoisotopic (exact) mass is 406 g/mol. The number of halogens is 2. The van der Waals surface area contributed by atoms with Gasteiger partial charge in [-0.1, -0.05) is 23.4 Å². The smallest absolute Gasteiger partial charge is 0.277 e. The van der Waals surface area contributed by atoms with Gasteiger partial charge in [-0.2, -0.15) is 0 Å². The first kappa shape index (κ1) is 19.2. The molecule has 0 aliphatic rings. The van der Waals surface area contributed by atoms with E-state index < -0.39 is 17.5 Å². The van der Waals surface area contributed by atoms with E-state index in [0.717, 1.165) is 23.3 Å². The van der Waals surface area contributed by atoms with E-state index in [4.69, 9.17) is 5.73 Å². The van der Waals surface area contributed by atoms with Crippen molar-refractivity contribution >= 4 is 17.3 Å². The van der Waals surface area contributed by atoms with Gasteiger partial charge in [-0.05, 0) is 35.9 Å². The first-order valence-electron chi connectivity index (χ1n) is 8.95. The first-order chi connectivity index (χ1) is 14.5. The van der Waals surface area contributed by atoms with E-state index >= 15 is 0 Å². The maximum Gasteiger partial charge on any atom is 0.277 e. The third-order valence-electron chi connectivity index (χ3n) is 4.45. The van der Waals surface area contributed by atoms with Crippen LogP contribution in [-0.4, -0.2) is 25.9 Å². The normalized spacial score (nSPS) is 10.7. The van der Waals surface area contributed by atoms with Crippen LogP contribution in [0.4, 0.5) is 20.2 Å². The number of carbonyl (C=O) groups excluding carboxylic acids is 1. The number of nitrogen functional groups attached to an aromatic ring is 1. The van der Waals surface area contributed by atoms with Gasteiger partial charge in [-0.25, -0.2) is 13.5 Å². The highest BCUT2D eigenvalue weighted by Gasteiger charge is 2.15. The number of nitrogens with two attached hydrogens (primary N) is 1. The maximum atomic E-state index is 13.8. The van der Waals surface area contributed by atoms with Crippen LogP contribution in [0.15, 0.2) is 67.1 Å². The summed E-state index contributed by atoms with van der Waals surface area (Å²) < 4.78 is 28.8. The highest BCUT2D eigenvalue weighted by atomic mass is 19.1. The van der Waals surface area contributed by atoms with Crippen molar-refractivity contribution in [2.45, 2.75) is 6.54 Å². The molecule has 30 heavy (non-hydrogen) atoms. The predicted molar refractivity (Wildman–Crippen MR) is 108 cm³/mol. The summed E-state index contributed by atoms with van der Waals surface area (Å²) in [4.78, 5) is 16.6. The maximum absolute atomic E-state index is 13.8. The van der Waals surface area contributed by atoms with Crippen molar-refractivity contribution in [2.75, 3.05) is 11.1 Å². The van der Waals surface area contributed by atoms with E-state index in [-0.39, 0.29) is 17.8 Å². The van der Waals surface area contributed by atoms with Gasteiger partial charge in [0.05, 0.1) is 24.1 Å². The number of aromatic nitrogens is 4. The number of hydrogen-bond acceptors (Lipinski definition) is 5. The molecular weight excluding hydrogens is 390 g/mol. The lowest BCUT2D eigenvalue weighted by molar-refractivity contribution is 0.102. The lowest BCUT2D eigenvalue weighted by atomic mass is 10.1. The number of rotatable bonds is 5. The Kier molecular flexibility index (Phi) is 5.17. The number of carbonyl (C=O) groups is 1. The second-order valence-corrected chi connectivity index (χ2v) is 6.50. The third kappa shape index (κ3) is 4.00. The summed E-state index contributed by atoms with van der Waals surface area (Å²) in [5, 5.41) is 10.2. The topological polar surface area (TPSA) is 98.7 Å².